The highest BCUT2D eigenvalue weighted by Gasteiger charge is 2.15. The highest BCUT2D eigenvalue weighted by atomic mass is 35.5. The Labute approximate surface area is 227 Å². The first-order valence-electron chi connectivity index (χ1n) is 12.2. The molecule has 3 N–H and O–H groups in total. The molecule has 6 rings (SSSR count). The number of aryl methyl sites for hydroxylation is 1. The lowest BCUT2D eigenvalue weighted by Gasteiger charge is -2.26. The maximum Gasteiger partial charge on any atom is 0.322 e. The van der Waals surface area contributed by atoms with Crippen molar-refractivity contribution < 1.29 is 19.0 Å². The average molecular weight is 550 g/mol. The quantitative estimate of drug-likeness (QED) is 0.308. The molecule has 1 fully saturated rings. The van der Waals surface area contributed by atoms with Gasteiger partial charge in [-0.2, -0.15) is 0 Å². The van der Waals surface area contributed by atoms with Crippen LogP contribution in [0.25, 0.3) is 33.1 Å². The van der Waals surface area contributed by atoms with Crippen molar-refractivity contribution in [2.24, 2.45) is 0 Å². The van der Waals surface area contributed by atoms with Crippen molar-refractivity contribution >= 4 is 39.4 Å². The summed E-state index contributed by atoms with van der Waals surface area (Å²) in [4.78, 5) is 32.4. The molecule has 0 radical (unpaired) electrons. The number of imidazole rings is 1. The number of hydrogen-bond donors (Lipinski definition) is 3. The Morgan fingerprint density at radius 1 is 1.13 bits per heavy atom. The number of H-pyrrole nitrogens is 1. The lowest BCUT2D eigenvalue weighted by Crippen LogP contribution is -2.47. The number of piperazine rings is 1. The van der Waals surface area contributed by atoms with E-state index in [1.807, 2.05) is 6.92 Å². The third-order valence-corrected chi connectivity index (χ3v) is 6.47. The topological polar surface area (TPSA) is 129 Å². The fourth-order valence-corrected chi connectivity index (χ4v) is 4.46. The summed E-state index contributed by atoms with van der Waals surface area (Å²) < 4.78 is 20.5. The number of fused-ring (bicyclic) bond motifs is 3. The molecule has 3 aromatic heterocycles. The van der Waals surface area contributed by atoms with E-state index in [-0.39, 0.29) is 18.5 Å². The van der Waals surface area contributed by atoms with Crippen LogP contribution in [0.2, 0.25) is 5.02 Å². The molecule has 1 aliphatic heterocycles. The van der Waals surface area contributed by atoms with E-state index in [1.54, 1.807) is 54.0 Å². The van der Waals surface area contributed by atoms with Crippen LogP contribution in [0.4, 0.5) is 4.39 Å². The van der Waals surface area contributed by atoms with Crippen LogP contribution < -0.4 is 10.1 Å². The number of aromatic amines is 1. The molecule has 0 atom stereocenters. The second kappa shape index (κ2) is 11.7. The minimum atomic E-state index is -0.419. The molecule has 12 heteroatoms. The second-order valence-corrected chi connectivity index (χ2v) is 9.19. The van der Waals surface area contributed by atoms with Gasteiger partial charge in [-0.15, -0.1) is 0 Å². The largest absolute Gasteiger partial charge is 0.424 e. The number of carbonyl (C=O) groups excluding carboxylic acids is 1. The van der Waals surface area contributed by atoms with Gasteiger partial charge in [-0.25, -0.2) is 19.3 Å². The average Bonchev–Trinajstić information content (AvgIpc) is 3.43. The number of hydrogen-bond acceptors (Lipinski definition) is 8. The molecule has 0 aliphatic carbocycles. The zero-order valence-electron chi connectivity index (χ0n) is 21.0. The number of amides is 1. The van der Waals surface area contributed by atoms with Gasteiger partial charge in [0.2, 0.25) is 5.91 Å². The van der Waals surface area contributed by atoms with E-state index in [9.17, 15) is 9.18 Å². The number of halogens is 2. The monoisotopic (exact) mass is 549 g/mol. The molecule has 1 saturated heterocycles. The molecule has 1 amide bonds. The Kier molecular flexibility index (Phi) is 7.92. The second-order valence-electron chi connectivity index (χ2n) is 8.79. The first-order valence-corrected chi connectivity index (χ1v) is 12.6. The summed E-state index contributed by atoms with van der Waals surface area (Å²) in [6, 6.07) is 10.1. The van der Waals surface area contributed by atoms with E-state index in [1.165, 1.54) is 6.07 Å². The van der Waals surface area contributed by atoms with E-state index in [2.05, 4.69) is 30.2 Å². The summed E-state index contributed by atoms with van der Waals surface area (Å²) in [6.45, 7) is 4.61. The van der Waals surface area contributed by atoms with Gasteiger partial charge in [0.15, 0.2) is 0 Å². The Morgan fingerprint density at radius 3 is 2.69 bits per heavy atom. The Balaban J connectivity index is 0.000000261. The summed E-state index contributed by atoms with van der Waals surface area (Å²) in [7, 11) is 0. The SMILES string of the molecule is Cc1ccnc(Oc2ccc(-c3cc4c(cc3F)ncc3[nH]cnc34)c(Cl)c2)n1.O=C(CO)N1CCNCC1. The number of benzene rings is 2. The van der Waals surface area contributed by atoms with Gasteiger partial charge in [0, 0.05) is 66.7 Å². The van der Waals surface area contributed by atoms with Crippen LogP contribution >= 0.6 is 11.6 Å². The van der Waals surface area contributed by atoms with Crippen molar-refractivity contribution in [1.29, 1.82) is 0 Å². The number of aliphatic hydroxyl groups excluding tert-OH is 1. The van der Waals surface area contributed by atoms with Crippen LogP contribution in [-0.2, 0) is 4.79 Å². The summed E-state index contributed by atoms with van der Waals surface area (Å²) in [5.41, 5.74) is 3.72. The molecule has 4 heterocycles. The van der Waals surface area contributed by atoms with Crippen molar-refractivity contribution in [3.63, 3.8) is 0 Å². The lowest BCUT2D eigenvalue weighted by atomic mass is 10.0. The summed E-state index contributed by atoms with van der Waals surface area (Å²) in [6.07, 6.45) is 4.83. The number of nitrogens with zero attached hydrogens (tertiary/aromatic N) is 5. The number of rotatable bonds is 4. The van der Waals surface area contributed by atoms with Crippen LogP contribution in [0, 0.1) is 12.7 Å². The van der Waals surface area contributed by atoms with Crippen molar-refractivity contribution in [3.8, 4) is 22.9 Å². The molecule has 39 heavy (non-hydrogen) atoms. The van der Waals surface area contributed by atoms with Crippen LogP contribution in [0.1, 0.15) is 5.69 Å². The fourth-order valence-electron chi connectivity index (χ4n) is 4.19. The molecule has 0 bridgehead atoms. The van der Waals surface area contributed by atoms with Gasteiger partial charge in [-0.1, -0.05) is 11.6 Å². The smallest absolute Gasteiger partial charge is 0.322 e. The number of aromatic nitrogens is 5. The third kappa shape index (κ3) is 5.95. The lowest BCUT2D eigenvalue weighted by molar-refractivity contribution is -0.134. The normalized spacial score (nSPS) is 13.3. The fraction of sp³-hybridized carbons (Fsp3) is 0.222. The maximum atomic E-state index is 14.8. The highest BCUT2D eigenvalue weighted by Crippen LogP contribution is 2.36. The Morgan fingerprint density at radius 2 is 1.95 bits per heavy atom. The van der Waals surface area contributed by atoms with Gasteiger partial charge in [0.05, 0.1) is 34.1 Å². The first-order chi connectivity index (χ1) is 18.9. The molecule has 0 saturated carbocycles. The van der Waals surface area contributed by atoms with Crippen molar-refractivity contribution in [2.45, 2.75) is 6.92 Å². The van der Waals surface area contributed by atoms with Gasteiger partial charge in [-0.05, 0) is 31.2 Å². The summed E-state index contributed by atoms with van der Waals surface area (Å²) in [5, 5.41) is 12.7. The van der Waals surface area contributed by atoms with Crippen molar-refractivity contribution in [3.05, 3.63) is 71.7 Å². The van der Waals surface area contributed by atoms with Crippen molar-refractivity contribution in [2.75, 3.05) is 32.8 Å². The van der Waals surface area contributed by atoms with Gasteiger partial charge in [-0.3, -0.25) is 9.78 Å². The number of carbonyl (C=O) groups is 1. The minimum Gasteiger partial charge on any atom is -0.424 e. The molecule has 0 unspecified atom stereocenters. The summed E-state index contributed by atoms with van der Waals surface area (Å²) in [5.74, 6) is -0.124. The molecule has 200 valence electrons. The number of ether oxygens (including phenoxy) is 1. The Bertz CT molecular complexity index is 1640. The van der Waals surface area contributed by atoms with E-state index in [4.69, 9.17) is 21.4 Å². The number of aliphatic hydroxyl groups is 1. The predicted octanol–water partition coefficient (Wildman–Crippen LogP) is 3.87. The molecular weight excluding hydrogens is 525 g/mol. The molecule has 10 nitrogen and oxygen atoms in total. The van der Waals surface area contributed by atoms with Crippen LogP contribution in [-0.4, -0.2) is 73.6 Å². The molecule has 5 aromatic rings. The molecule has 0 spiro atoms. The highest BCUT2D eigenvalue weighted by molar-refractivity contribution is 6.33. The number of nitrogens with one attached hydrogen (secondary N) is 2. The van der Waals surface area contributed by atoms with E-state index < -0.39 is 5.82 Å². The zero-order chi connectivity index (χ0) is 27.4. The van der Waals surface area contributed by atoms with Crippen LogP contribution in [0.5, 0.6) is 11.8 Å². The molecule has 1 aliphatic rings. The minimum absolute atomic E-state index is 0.165. The molecular formula is C27H25ClFN7O3. The van der Waals surface area contributed by atoms with Crippen LogP contribution in [0.3, 0.4) is 0 Å². The third-order valence-electron chi connectivity index (χ3n) is 6.16. The number of pyridine rings is 1. The first kappa shape index (κ1) is 26.4. The Hall–Kier alpha value is -4.19. The standard InChI is InChI=1S/C21H13ClFN5O.C6H12N2O2/c1-11-4-5-24-21(28-11)29-12-2-3-13(16(22)6-12)14-7-15-18(8-17(14)23)25-9-19-20(15)27-10-26-19;9-5-6(10)8-3-1-7-2-4-8/h2-10H,1H3,(H,26,27);7,9H,1-5H2. The van der Waals surface area contributed by atoms with Gasteiger partial charge in [0.25, 0.3) is 0 Å². The maximum absolute atomic E-state index is 14.8. The van der Waals surface area contributed by atoms with Crippen LogP contribution in [0.15, 0.2) is 55.1 Å². The van der Waals surface area contributed by atoms with Gasteiger partial charge >= 0.3 is 6.01 Å². The van der Waals surface area contributed by atoms with E-state index >= 15 is 0 Å². The summed E-state index contributed by atoms with van der Waals surface area (Å²) >= 11 is 6.46. The van der Waals surface area contributed by atoms with E-state index in [0.717, 1.165) is 48.3 Å². The van der Waals surface area contributed by atoms with Gasteiger partial charge in [0.1, 0.15) is 18.2 Å². The predicted molar refractivity (Wildman–Crippen MR) is 145 cm³/mol. The zero-order valence-corrected chi connectivity index (χ0v) is 21.7. The van der Waals surface area contributed by atoms with Crippen molar-refractivity contribution in [1.82, 2.24) is 35.1 Å². The van der Waals surface area contributed by atoms with E-state index in [0.29, 0.717) is 27.4 Å². The molecule has 2 aromatic carbocycles. The van der Waals surface area contributed by atoms with Gasteiger partial charge < -0.3 is 25.0 Å².